The summed E-state index contributed by atoms with van der Waals surface area (Å²) in [6, 6.07) is 4.01. The Morgan fingerprint density at radius 1 is 0.474 bits per heavy atom. The number of rotatable bonds is 6. The fourth-order valence-corrected chi connectivity index (χ4v) is 25.9. The lowest BCUT2D eigenvalue weighted by atomic mass is 9.46. The van der Waals surface area contributed by atoms with Crippen molar-refractivity contribution >= 4 is 33.3 Å². The van der Waals surface area contributed by atoms with Crippen molar-refractivity contribution in [3.63, 3.8) is 0 Å². The van der Waals surface area contributed by atoms with E-state index in [1.54, 1.807) is 23.3 Å². The highest BCUT2D eigenvalue weighted by Crippen LogP contribution is 2.71. The van der Waals surface area contributed by atoms with Crippen LogP contribution in [0.1, 0.15) is 295 Å². The third-order valence-corrected chi connectivity index (χ3v) is 31.6. The van der Waals surface area contributed by atoms with Crippen LogP contribution in [0.3, 0.4) is 0 Å². The molecule has 24 atom stereocenters. The van der Waals surface area contributed by atoms with Crippen LogP contribution in [-0.2, 0) is 20.9 Å². The van der Waals surface area contributed by atoms with Crippen LogP contribution in [0.5, 0.6) is 0 Å². The molecule has 0 spiro atoms. The van der Waals surface area contributed by atoms with Gasteiger partial charge in [0.1, 0.15) is 23.7 Å². The van der Waals surface area contributed by atoms with Gasteiger partial charge in [0, 0.05) is 37.3 Å². The molecule has 13 nitrogen and oxygen atoms in total. The molecule has 95 heavy (non-hydrogen) atoms. The summed E-state index contributed by atoms with van der Waals surface area (Å²) in [6.07, 6.45) is 41.7. The number of hydrogen-bond donors (Lipinski definition) is 5. The van der Waals surface area contributed by atoms with E-state index in [1.165, 1.54) is 128 Å². The first-order chi connectivity index (χ1) is 43.5. The number of aliphatic hydroxyl groups is 4. The zero-order valence-electron chi connectivity index (χ0n) is 58.7. The number of carbonyl (C=O) groups excluding carboxylic acids is 3. The normalized spacial score (nSPS) is 45.5. The minimum Gasteiger partial charge on any atom is -0.400 e. The highest BCUT2D eigenvalue weighted by Gasteiger charge is 2.64. The molecular weight excluding hydrogens is 1250 g/mol. The summed E-state index contributed by atoms with van der Waals surface area (Å²) < 4.78 is 1.65. The maximum absolute atomic E-state index is 13.4. The van der Waals surface area contributed by atoms with Crippen LogP contribution in [0.4, 0.5) is 0 Å². The van der Waals surface area contributed by atoms with Gasteiger partial charge in [0.2, 0.25) is 0 Å². The largest absolute Gasteiger partial charge is 0.400 e. The fourth-order valence-electron chi connectivity index (χ4n) is 25.6. The average molecular weight is 1380 g/mol. The zero-order chi connectivity index (χ0) is 66.6. The fraction of sp³-hybridized carbons (Fsp3) is 0.864. The Balaban J connectivity index is 0.000000187. The third-order valence-electron chi connectivity index (χ3n) is 31.0. The number of H-pyrrole nitrogens is 1. The molecule has 12 aliphatic rings. The second kappa shape index (κ2) is 30.5. The summed E-state index contributed by atoms with van der Waals surface area (Å²) in [5.74, 6) is 11.1. The lowest BCUT2D eigenvalue weighted by Gasteiger charge is -2.59. The van der Waals surface area contributed by atoms with Crippen molar-refractivity contribution in [2.24, 2.45) is 121 Å². The van der Waals surface area contributed by atoms with Gasteiger partial charge in [-0.15, -0.1) is 0 Å². The van der Waals surface area contributed by atoms with Crippen LogP contribution in [0, 0.1) is 144 Å². The molecular formula is C81H133BrN6O7. The topological polar surface area (TPSA) is 226 Å². The first-order valence-corrected chi connectivity index (χ1v) is 38.2. The van der Waals surface area contributed by atoms with Gasteiger partial charge in [0.05, 0.1) is 52.2 Å². The van der Waals surface area contributed by atoms with Crippen LogP contribution in [0.25, 0.3) is 0 Å². The standard InChI is InChI=1S/C27H39N3O2.C23H37BrO2.C23H38O2.C4H3N3.CH4O.3CH4/c1-25(32)10-8-19-4-5-20-21-6-7-23(24(31)17-30-16-18(14-28)15-29-30)27(21,3)11-9-22(20)26(19,2)13-12-25;1-21(26)10-8-15-4-5-16-17-6-7-19(20(25)14-24)23(17,3)11-9-18(16)22(15,2)13-12-21;1-15(24)18-7-8-19-17-6-5-16-9-11-21(2,25)13-14-22(16,3)20(17)10-12-23(18,19)4;5-1-4-2-6-7-3-4;1-2;;;/h15-16,19-23,32H,4-13,17H2,1-3H3;15-19,26H,4-14H2,1-3H3;16-20,25H,5-14H2,1-4H3;2-3H,(H,6,7);2H,1H3;3*1H4/t19-,20-,21-,22-,23+,25-,26-,27-;15-,16-,17-,18-,19+,21-,22-,23-;16-,17-,18+,19-,20-,21-,22-,23+;;;;;/m000...../s1. The monoisotopic (exact) mass is 1380 g/mol. The predicted molar refractivity (Wildman–Crippen MR) is 384 cm³/mol. The lowest BCUT2D eigenvalue weighted by Crippen LogP contribution is -2.52. The van der Waals surface area contributed by atoms with Gasteiger partial charge in [-0.3, -0.25) is 24.2 Å². The molecule has 0 amide bonds. The van der Waals surface area contributed by atoms with E-state index in [9.17, 15) is 29.7 Å². The predicted octanol–water partition coefficient (Wildman–Crippen LogP) is 18.0. The van der Waals surface area contributed by atoms with E-state index in [0.717, 1.165) is 143 Å². The summed E-state index contributed by atoms with van der Waals surface area (Å²) in [6.45, 7) is 23.2. The van der Waals surface area contributed by atoms with Gasteiger partial charge in [-0.25, -0.2) is 0 Å². The molecule has 14 heteroatoms. The SMILES string of the molecule is C.C.C.CC(=O)[C@H]1CC[C@H]2[C@@H]3CC[C@H]4CC[C@](C)(O)CC[C@]4(C)[C@H]3CC[C@]12C.CO.C[C@]1(O)CC[C@@H]2CC[C@@H]3[C@H](CC[C@]4(C)[C@@H](C(=O)CBr)CC[C@@H]34)[C@@]2(C)CC1.C[C@]1(O)CC[C@@H]2CC[C@@H]3[C@H](CC[C@]4(C)[C@@H](C(=O)Cn5cc(C#N)cn5)CC[C@@H]34)[C@@]2(C)CC1.N#Cc1cn[nH]c1. The van der Waals surface area contributed by atoms with Crippen molar-refractivity contribution in [1.82, 2.24) is 20.0 Å². The molecule has 0 unspecified atom stereocenters. The number of ketones is 3. The Morgan fingerprint density at radius 3 is 1.16 bits per heavy atom. The maximum atomic E-state index is 13.4. The van der Waals surface area contributed by atoms with Gasteiger partial charge in [-0.05, 0) is 324 Å². The number of hydrogen-bond acceptors (Lipinski definition) is 11. The first kappa shape index (κ1) is 79.1. The number of aromatic nitrogens is 4. The third kappa shape index (κ3) is 15.1. The molecule has 0 radical (unpaired) electrons. The summed E-state index contributed by atoms with van der Waals surface area (Å²) in [4.78, 5) is 38.2. The summed E-state index contributed by atoms with van der Waals surface area (Å²) in [5.41, 5.74) is 1.45. The molecule has 536 valence electrons. The Kier molecular flexibility index (Phi) is 25.4. The average Bonchev–Trinajstić information content (AvgIpc) is 1.68. The van der Waals surface area contributed by atoms with Crippen LogP contribution in [0.2, 0.25) is 0 Å². The summed E-state index contributed by atoms with van der Waals surface area (Å²) >= 11 is 3.43. The van der Waals surface area contributed by atoms with Crippen molar-refractivity contribution < 1.29 is 34.8 Å². The minimum absolute atomic E-state index is 0. The Labute approximate surface area is 584 Å². The van der Waals surface area contributed by atoms with Gasteiger partial charge < -0.3 is 20.4 Å². The van der Waals surface area contributed by atoms with E-state index in [0.29, 0.717) is 61.9 Å². The highest BCUT2D eigenvalue weighted by atomic mass is 79.9. The molecule has 0 saturated heterocycles. The van der Waals surface area contributed by atoms with Crippen LogP contribution >= 0.6 is 15.9 Å². The number of carbonyl (C=O) groups is 3. The first-order valence-electron chi connectivity index (χ1n) is 37.0. The van der Waals surface area contributed by atoms with Crippen molar-refractivity contribution in [2.45, 2.75) is 307 Å². The van der Waals surface area contributed by atoms with E-state index in [2.05, 4.69) is 92.7 Å². The molecule has 0 aliphatic heterocycles. The number of fused-ring (bicyclic) bond motifs is 15. The van der Waals surface area contributed by atoms with Crippen molar-refractivity contribution in [2.75, 3.05) is 12.4 Å². The maximum Gasteiger partial charge on any atom is 0.157 e. The van der Waals surface area contributed by atoms with E-state index >= 15 is 0 Å². The number of halogens is 1. The van der Waals surface area contributed by atoms with Gasteiger partial charge in [0.15, 0.2) is 5.78 Å². The smallest absolute Gasteiger partial charge is 0.157 e. The highest BCUT2D eigenvalue weighted by molar-refractivity contribution is 9.09. The minimum atomic E-state index is -0.498. The van der Waals surface area contributed by atoms with E-state index < -0.39 is 16.8 Å². The van der Waals surface area contributed by atoms with E-state index in [-0.39, 0.29) is 56.9 Å². The summed E-state index contributed by atoms with van der Waals surface area (Å²) in [7, 11) is 1.00. The Bertz CT molecular complexity index is 2980. The number of nitrogens with one attached hydrogen (secondary N) is 1. The van der Waals surface area contributed by atoms with E-state index in [1.807, 2.05) is 19.9 Å². The second-order valence-corrected chi connectivity index (χ2v) is 36.0. The molecule has 2 heterocycles. The number of nitriles is 2. The zero-order valence-corrected chi connectivity index (χ0v) is 60.3. The van der Waals surface area contributed by atoms with Crippen molar-refractivity contribution in [3.05, 3.63) is 35.9 Å². The number of aliphatic hydroxyl groups excluding tert-OH is 1. The molecule has 12 saturated carbocycles. The van der Waals surface area contributed by atoms with Gasteiger partial charge in [0.25, 0.3) is 0 Å². The number of Topliss-reactive ketones (excluding diaryl/α,β-unsaturated/α-hetero) is 3. The molecule has 0 aromatic carbocycles. The van der Waals surface area contributed by atoms with Crippen LogP contribution in [-0.4, -0.2) is 87.0 Å². The van der Waals surface area contributed by atoms with Crippen LogP contribution < -0.4 is 0 Å². The Morgan fingerprint density at radius 2 is 0.832 bits per heavy atom. The molecule has 12 aliphatic carbocycles. The van der Waals surface area contributed by atoms with Gasteiger partial charge >= 0.3 is 0 Å². The van der Waals surface area contributed by atoms with Gasteiger partial charge in [-0.1, -0.05) is 79.8 Å². The van der Waals surface area contributed by atoms with Crippen molar-refractivity contribution in [1.29, 1.82) is 10.5 Å². The molecule has 0 bridgehead atoms. The lowest BCUT2D eigenvalue weighted by molar-refractivity contribution is -0.134. The summed E-state index contributed by atoms with van der Waals surface area (Å²) in [5, 5.41) is 67.1. The van der Waals surface area contributed by atoms with E-state index in [4.69, 9.17) is 15.6 Å². The Hall–Kier alpha value is -3.27. The van der Waals surface area contributed by atoms with Crippen molar-refractivity contribution in [3.8, 4) is 12.1 Å². The number of aromatic amines is 1. The van der Waals surface area contributed by atoms with Gasteiger partial charge in [-0.2, -0.15) is 20.7 Å². The van der Waals surface area contributed by atoms with Crippen LogP contribution in [0.15, 0.2) is 24.8 Å². The number of alkyl halides is 1. The number of nitrogens with zero attached hydrogens (tertiary/aromatic N) is 5. The molecule has 5 N–H and O–H groups in total. The second-order valence-electron chi connectivity index (χ2n) is 35.4. The molecule has 12 fully saturated rings. The molecule has 14 rings (SSSR count). The molecule has 2 aromatic heterocycles. The molecule has 2 aromatic rings. The quantitative estimate of drug-likeness (QED) is 0.171.